The second kappa shape index (κ2) is 8.15. The van der Waals surface area contributed by atoms with Gasteiger partial charge in [0, 0.05) is 0 Å². The lowest BCUT2D eigenvalue weighted by molar-refractivity contribution is 0.263. The molecule has 0 unspecified atom stereocenters. The SMILES string of the molecule is c1cc(Oc2ccc(-c3ccc(OC[C@@H]4CO4)cc3)cc2)ccc1OC[C@@H]1CO1. The quantitative estimate of drug-likeness (QED) is 0.496. The maximum atomic E-state index is 5.93. The van der Waals surface area contributed by atoms with E-state index in [2.05, 4.69) is 24.3 Å². The number of hydrogen-bond acceptors (Lipinski definition) is 5. The van der Waals surface area contributed by atoms with Crippen LogP contribution in [0.15, 0.2) is 72.8 Å². The van der Waals surface area contributed by atoms with Gasteiger partial charge in [0.1, 0.15) is 48.4 Å². The van der Waals surface area contributed by atoms with Crippen molar-refractivity contribution in [2.45, 2.75) is 12.2 Å². The zero-order chi connectivity index (χ0) is 19.5. The fraction of sp³-hybridized carbons (Fsp3) is 0.250. The van der Waals surface area contributed by atoms with Gasteiger partial charge in [-0.3, -0.25) is 0 Å². The Balaban J connectivity index is 1.17. The van der Waals surface area contributed by atoms with Crippen LogP contribution in [-0.4, -0.2) is 38.6 Å². The minimum absolute atomic E-state index is 0.255. The van der Waals surface area contributed by atoms with Gasteiger partial charge in [-0.15, -0.1) is 0 Å². The molecule has 2 atom stereocenters. The molecule has 2 aliphatic heterocycles. The molecule has 0 radical (unpaired) electrons. The van der Waals surface area contributed by atoms with E-state index in [1.807, 2.05) is 48.5 Å². The Hall–Kier alpha value is -3.02. The molecule has 2 heterocycles. The zero-order valence-electron chi connectivity index (χ0n) is 16.0. The normalized spacial score (nSPS) is 19.4. The number of rotatable bonds is 9. The molecule has 5 heteroatoms. The van der Waals surface area contributed by atoms with Crippen molar-refractivity contribution >= 4 is 0 Å². The van der Waals surface area contributed by atoms with Crippen molar-refractivity contribution in [1.29, 1.82) is 0 Å². The first-order chi connectivity index (χ1) is 14.3. The number of hydrogen-bond donors (Lipinski definition) is 0. The molecule has 2 fully saturated rings. The number of benzene rings is 3. The molecule has 3 aromatic rings. The second-order valence-corrected chi connectivity index (χ2v) is 7.15. The molecule has 0 amide bonds. The fourth-order valence-electron chi connectivity index (χ4n) is 2.91. The number of epoxide rings is 2. The molecule has 0 aliphatic carbocycles. The second-order valence-electron chi connectivity index (χ2n) is 7.15. The first-order valence-corrected chi connectivity index (χ1v) is 9.79. The molecule has 0 bridgehead atoms. The van der Waals surface area contributed by atoms with Crippen molar-refractivity contribution in [3.05, 3.63) is 72.8 Å². The third kappa shape index (κ3) is 5.08. The highest BCUT2D eigenvalue weighted by atomic mass is 16.6. The highest BCUT2D eigenvalue weighted by molar-refractivity contribution is 5.65. The predicted molar refractivity (Wildman–Crippen MR) is 109 cm³/mol. The Labute approximate surface area is 169 Å². The van der Waals surface area contributed by atoms with Gasteiger partial charge in [0.2, 0.25) is 0 Å². The van der Waals surface area contributed by atoms with Crippen molar-refractivity contribution in [1.82, 2.24) is 0 Å². The van der Waals surface area contributed by atoms with Crippen LogP contribution in [0.2, 0.25) is 0 Å². The summed E-state index contributed by atoms with van der Waals surface area (Å²) in [6.07, 6.45) is 0.522. The molecule has 2 aliphatic rings. The first-order valence-electron chi connectivity index (χ1n) is 9.79. The Morgan fingerprint density at radius 2 is 0.897 bits per heavy atom. The van der Waals surface area contributed by atoms with Crippen molar-refractivity contribution in [2.75, 3.05) is 26.4 Å². The largest absolute Gasteiger partial charge is 0.491 e. The molecule has 2 saturated heterocycles. The Morgan fingerprint density at radius 1 is 0.552 bits per heavy atom. The van der Waals surface area contributed by atoms with E-state index in [4.69, 9.17) is 23.7 Å². The summed E-state index contributed by atoms with van der Waals surface area (Å²) >= 11 is 0. The fourth-order valence-corrected chi connectivity index (χ4v) is 2.91. The summed E-state index contributed by atoms with van der Waals surface area (Å²) in [6.45, 7) is 2.82. The third-order valence-electron chi connectivity index (χ3n) is 4.78. The van der Waals surface area contributed by atoms with E-state index in [0.29, 0.717) is 13.2 Å². The average Bonchev–Trinajstić information content (AvgIpc) is 3.68. The van der Waals surface area contributed by atoms with Gasteiger partial charge in [0.15, 0.2) is 0 Å². The maximum Gasteiger partial charge on any atom is 0.127 e. The lowest BCUT2D eigenvalue weighted by Crippen LogP contribution is -2.03. The van der Waals surface area contributed by atoms with Crippen LogP contribution in [0.4, 0.5) is 0 Å². The van der Waals surface area contributed by atoms with Crippen molar-refractivity contribution in [3.8, 4) is 34.1 Å². The van der Waals surface area contributed by atoms with E-state index in [9.17, 15) is 0 Å². The van der Waals surface area contributed by atoms with Crippen LogP contribution in [0.5, 0.6) is 23.0 Å². The molecule has 148 valence electrons. The van der Waals surface area contributed by atoms with Crippen LogP contribution in [0.25, 0.3) is 11.1 Å². The predicted octanol–water partition coefficient (Wildman–Crippen LogP) is 4.70. The molecule has 29 heavy (non-hydrogen) atoms. The molecule has 0 N–H and O–H groups in total. The van der Waals surface area contributed by atoms with Crippen LogP contribution >= 0.6 is 0 Å². The summed E-state index contributed by atoms with van der Waals surface area (Å²) in [6, 6.07) is 23.8. The molecule has 0 spiro atoms. The highest BCUT2D eigenvalue weighted by Gasteiger charge is 2.23. The van der Waals surface area contributed by atoms with E-state index >= 15 is 0 Å². The smallest absolute Gasteiger partial charge is 0.127 e. The minimum Gasteiger partial charge on any atom is -0.491 e. The van der Waals surface area contributed by atoms with Gasteiger partial charge in [-0.25, -0.2) is 0 Å². The summed E-state index contributed by atoms with van der Waals surface area (Å²) in [5.41, 5.74) is 2.26. The monoisotopic (exact) mass is 390 g/mol. The van der Waals surface area contributed by atoms with Crippen molar-refractivity contribution in [2.24, 2.45) is 0 Å². The highest BCUT2D eigenvalue weighted by Crippen LogP contribution is 2.28. The topological polar surface area (TPSA) is 52.8 Å². The molecular formula is C24H22O5. The lowest BCUT2D eigenvalue weighted by Gasteiger charge is -2.09. The first kappa shape index (κ1) is 18.0. The average molecular weight is 390 g/mol. The van der Waals surface area contributed by atoms with Gasteiger partial charge in [0.05, 0.1) is 13.2 Å². The minimum atomic E-state index is 0.255. The third-order valence-corrected chi connectivity index (χ3v) is 4.78. The van der Waals surface area contributed by atoms with E-state index in [1.165, 1.54) is 0 Å². The Bertz CT molecular complexity index is 927. The number of ether oxygens (including phenoxy) is 5. The molecule has 5 rings (SSSR count). The Kier molecular flexibility index (Phi) is 5.07. The molecule has 3 aromatic carbocycles. The van der Waals surface area contributed by atoms with Crippen LogP contribution in [0, 0.1) is 0 Å². The lowest BCUT2D eigenvalue weighted by atomic mass is 10.1. The summed E-state index contributed by atoms with van der Waals surface area (Å²) in [5, 5.41) is 0. The van der Waals surface area contributed by atoms with Gasteiger partial charge < -0.3 is 23.7 Å². The Morgan fingerprint density at radius 3 is 1.31 bits per heavy atom. The van der Waals surface area contributed by atoms with Gasteiger partial charge in [-0.1, -0.05) is 24.3 Å². The van der Waals surface area contributed by atoms with Crippen LogP contribution in [0.3, 0.4) is 0 Å². The van der Waals surface area contributed by atoms with E-state index < -0.39 is 0 Å². The molecule has 0 saturated carbocycles. The van der Waals surface area contributed by atoms with Crippen molar-refractivity contribution in [3.63, 3.8) is 0 Å². The van der Waals surface area contributed by atoms with Crippen LogP contribution < -0.4 is 14.2 Å². The molecular weight excluding hydrogens is 368 g/mol. The summed E-state index contributed by atoms with van der Waals surface area (Å²) < 4.78 is 27.6. The standard InChI is InChI=1S/C24H22O5/c1-5-19(25-13-23-15-27-23)6-2-17(1)18-3-7-21(8-4-18)29-22-11-9-20(10-12-22)26-14-24-16-28-24/h1-12,23-24H,13-16H2/t23-,24-/m1/s1. The van der Waals surface area contributed by atoms with Gasteiger partial charge in [-0.05, 0) is 59.7 Å². The summed E-state index contributed by atoms with van der Waals surface area (Å²) in [5.74, 6) is 3.24. The van der Waals surface area contributed by atoms with E-state index in [1.54, 1.807) is 0 Å². The van der Waals surface area contributed by atoms with E-state index in [0.717, 1.165) is 47.3 Å². The van der Waals surface area contributed by atoms with Crippen LogP contribution in [0.1, 0.15) is 0 Å². The molecule has 0 aromatic heterocycles. The van der Waals surface area contributed by atoms with Gasteiger partial charge in [0.25, 0.3) is 0 Å². The van der Waals surface area contributed by atoms with Gasteiger partial charge in [-0.2, -0.15) is 0 Å². The van der Waals surface area contributed by atoms with Crippen molar-refractivity contribution < 1.29 is 23.7 Å². The van der Waals surface area contributed by atoms with Crippen LogP contribution in [-0.2, 0) is 9.47 Å². The van der Waals surface area contributed by atoms with E-state index in [-0.39, 0.29) is 12.2 Å². The summed E-state index contributed by atoms with van der Waals surface area (Å²) in [4.78, 5) is 0. The maximum absolute atomic E-state index is 5.93. The molecule has 5 nitrogen and oxygen atoms in total. The zero-order valence-corrected chi connectivity index (χ0v) is 16.0. The van der Waals surface area contributed by atoms with Gasteiger partial charge >= 0.3 is 0 Å². The summed E-state index contributed by atoms with van der Waals surface area (Å²) in [7, 11) is 0.